The number of aliphatic hydroxyl groups excluding tert-OH is 1. The van der Waals surface area contributed by atoms with Gasteiger partial charge in [-0.15, -0.1) is 0 Å². The van der Waals surface area contributed by atoms with E-state index in [0.29, 0.717) is 18.1 Å². The van der Waals surface area contributed by atoms with Gasteiger partial charge in [-0.3, -0.25) is 0 Å². The Hall–Kier alpha value is -0.940. The monoisotopic (exact) mass is 185 g/mol. The highest BCUT2D eigenvalue weighted by atomic mass is 16.5. The highest BCUT2D eigenvalue weighted by molar-refractivity contribution is 4.92. The summed E-state index contributed by atoms with van der Waals surface area (Å²) in [6, 6.07) is -0.222. The van der Waals surface area contributed by atoms with Crippen LogP contribution in [0.3, 0.4) is 0 Å². The number of hydrogen-bond acceptors (Lipinski definition) is 5. The molecule has 1 atom stereocenters. The van der Waals surface area contributed by atoms with Gasteiger partial charge in [0.25, 0.3) is 0 Å². The van der Waals surface area contributed by atoms with Crippen LogP contribution in [0.1, 0.15) is 31.6 Å². The van der Waals surface area contributed by atoms with Crippen LogP contribution in [0, 0.1) is 5.92 Å². The lowest BCUT2D eigenvalue weighted by Gasteiger charge is -2.09. The molecule has 0 aliphatic heterocycles. The summed E-state index contributed by atoms with van der Waals surface area (Å²) in [5.74, 6) is 1.22. The van der Waals surface area contributed by atoms with E-state index in [0.717, 1.165) is 0 Å². The number of nitrogens with two attached hydrogens (primary N) is 1. The van der Waals surface area contributed by atoms with Crippen LogP contribution in [0.5, 0.6) is 0 Å². The number of aliphatic hydroxyl groups is 1. The Kier molecular flexibility index (Phi) is 3.39. The first-order valence-corrected chi connectivity index (χ1v) is 4.34. The molecule has 1 rings (SSSR count). The predicted octanol–water partition coefficient (Wildman–Crippen LogP) is 0.260. The lowest BCUT2D eigenvalue weighted by molar-refractivity contribution is 0.290. The van der Waals surface area contributed by atoms with Crippen LogP contribution >= 0.6 is 0 Å². The third-order valence-electron chi connectivity index (χ3n) is 1.82. The van der Waals surface area contributed by atoms with Crippen LogP contribution in [-0.2, 0) is 6.42 Å². The SMILES string of the molecule is CC(C)[C@H](N)c1nc(CCO)no1. The van der Waals surface area contributed by atoms with Crippen molar-refractivity contribution in [3.8, 4) is 0 Å². The Bertz CT molecular complexity index is 260. The van der Waals surface area contributed by atoms with Crippen molar-refractivity contribution >= 4 is 0 Å². The molecule has 3 N–H and O–H groups in total. The first kappa shape index (κ1) is 10.1. The van der Waals surface area contributed by atoms with E-state index >= 15 is 0 Å². The Morgan fingerprint density at radius 2 is 2.23 bits per heavy atom. The molecule has 0 aliphatic rings. The van der Waals surface area contributed by atoms with Crippen molar-refractivity contribution in [3.05, 3.63) is 11.7 Å². The fourth-order valence-electron chi connectivity index (χ4n) is 0.890. The number of aromatic nitrogens is 2. The summed E-state index contributed by atoms with van der Waals surface area (Å²) in [4.78, 5) is 4.06. The molecule has 0 aromatic carbocycles. The Morgan fingerprint density at radius 1 is 1.54 bits per heavy atom. The van der Waals surface area contributed by atoms with Gasteiger partial charge in [0, 0.05) is 6.42 Å². The molecule has 0 spiro atoms. The molecule has 0 amide bonds. The molecule has 5 heteroatoms. The molecule has 0 fully saturated rings. The van der Waals surface area contributed by atoms with E-state index in [-0.39, 0.29) is 18.6 Å². The first-order valence-electron chi connectivity index (χ1n) is 4.34. The average molecular weight is 185 g/mol. The zero-order valence-corrected chi connectivity index (χ0v) is 7.90. The molecule has 0 radical (unpaired) electrons. The number of hydrogen-bond donors (Lipinski definition) is 2. The van der Waals surface area contributed by atoms with Gasteiger partial charge in [0.05, 0.1) is 12.6 Å². The molecule has 5 nitrogen and oxygen atoms in total. The quantitative estimate of drug-likeness (QED) is 0.702. The van der Waals surface area contributed by atoms with Crippen molar-refractivity contribution in [2.24, 2.45) is 11.7 Å². The zero-order chi connectivity index (χ0) is 9.84. The molecule has 0 unspecified atom stereocenters. The van der Waals surface area contributed by atoms with Gasteiger partial charge in [0.1, 0.15) is 0 Å². The van der Waals surface area contributed by atoms with Crippen molar-refractivity contribution < 1.29 is 9.63 Å². The summed E-state index contributed by atoms with van der Waals surface area (Å²) >= 11 is 0. The van der Waals surface area contributed by atoms with E-state index in [1.807, 2.05) is 13.8 Å². The van der Waals surface area contributed by atoms with Gasteiger partial charge in [-0.25, -0.2) is 0 Å². The lowest BCUT2D eigenvalue weighted by Crippen LogP contribution is -2.17. The molecule has 0 bridgehead atoms. The Balaban J connectivity index is 2.67. The highest BCUT2D eigenvalue weighted by Gasteiger charge is 2.17. The minimum absolute atomic E-state index is 0.0237. The smallest absolute Gasteiger partial charge is 0.243 e. The Morgan fingerprint density at radius 3 is 2.77 bits per heavy atom. The van der Waals surface area contributed by atoms with Gasteiger partial charge in [-0.2, -0.15) is 4.98 Å². The molecule has 13 heavy (non-hydrogen) atoms. The third-order valence-corrected chi connectivity index (χ3v) is 1.82. The lowest BCUT2D eigenvalue weighted by atomic mass is 10.1. The minimum Gasteiger partial charge on any atom is -0.396 e. The fourth-order valence-corrected chi connectivity index (χ4v) is 0.890. The topological polar surface area (TPSA) is 85.2 Å². The molecule has 1 aromatic heterocycles. The van der Waals surface area contributed by atoms with E-state index in [2.05, 4.69) is 10.1 Å². The Labute approximate surface area is 76.9 Å². The molecular weight excluding hydrogens is 170 g/mol. The second-order valence-electron chi connectivity index (χ2n) is 3.29. The summed E-state index contributed by atoms with van der Waals surface area (Å²) in [5, 5.41) is 12.3. The van der Waals surface area contributed by atoms with Gasteiger partial charge >= 0.3 is 0 Å². The summed E-state index contributed by atoms with van der Waals surface area (Å²) in [6.45, 7) is 4.00. The molecular formula is C8H15N3O2. The van der Waals surface area contributed by atoms with Gasteiger partial charge in [0.15, 0.2) is 5.82 Å². The highest BCUT2D eigenvalue weighted by Crippen LogP contribution is 2.16. The van der Waals surface area contributed by atoms with Crippen LogP contribution < -0.4 is 5.73 Å². The second-order valence-corrected chi connectivity index (χ2v) is 3.29. The van der Waals surface area contributed by atoms with Crippen LogP contribution in [0.2, 0.25) is 0 Å². The summed E-state index contributed by atoms with van der Waals surface area (Å²) in [6.07, 6.45) is 0.411. The van der Waals surface area contributed by atoms with Crippen LogP contribution in [0.4, 0.5) is 0 Å². The molecule has 1 heterocycles. The van der Waals surface area contributed by atoms with Crippen molar-refractivity contribution in [2.45, 2.75) is 26.3 Å². The van der Waals surface area contributed by atoms with Gasteiger partial charge < -0.3 is 15.4 Å². The van der Waals surface area contributed by atoms with Crippen molar-refractivity contribution in [3.63, 3.8) is 0 Å². The maximum absolute atomic E-state index is 8.62. The van der Waals surface area contributed by atoms with Crippen molar-refractivity contribution in [1.82, 2.24) is 10.1 Å². The average Bonchev–Trinajstić information content (AvgIpc) is 2.52. The molecule has 0 saturated heterocycles. The predicted molar refractivity (Wildman–Crippen MR) is 46.9 cm³/mol. The maximum Gasteiger partial charge on any atom is 0.243 e. The molecule has 0 saturated carbocycles. The van der Waals surface area contributed by atoms with Crippen molar-refractivity contribution in [1.29, 1.82) is 0 Å². The maximum atomic E-state index is 8.62. The first-order chi connectivity index (χ1) is 6.15. The van der Waals surface area contributed by atoms with Gasteiger partial charge in [0.2, 0.25) is 5.89 Å². The molecule has 1 aromatic rings. The van der Waals surface area contributed by atoms with E-state index < -0.39 is 0 Å². The fraction of sp³-hybridized carbons (Fsp3) is 0.750. The summed E-state index contributed by atoms with van der Waals surface area (Å²) in [7, 11) is 0. The number of nitrogens with zero attached hydrogens (tertiary/aromatic N) is 2. The van der Waals surface area contributed by atoms with E-state index in [1.54, 1.807) is 0 Å². The minimum atomic E-state index is -0.222. The standard InChI is InChI=1S/C8H15N3O2/c1-5(2)7(9)8-10-6(3-4-12)11-13-8/h5,7,12H,3-4,9H2,1-2H3/t7-/m0/s1. The summed E-state index contributed by atoms with van der Waals surface area (Å²) in [5.41, 5.74) is 5.79. The van der Waals surface area contributed by atoms with Gasteiger partial charge in [-0.05, 0) is 5.92 Å². The third kappa shape index (κ3) is 2.50. The normalized spacial score (nSPS) is 13.6. The van der Waals surface area contributed by atoms with Crippen LogP contribution in [0.15, 0.2) is 4.52 Å². The van der Waals surface area contributed by atoms with E-state index in [9.17, 15) is 0 Å². The zero-order valence-electron chi connectivity index (χ0n) is 7.90. The number of rotatable bonds is 4. The summed E-state index contributed by atoms with van der Waals surface area (Å²) < 4.78 is 4.94. The molecule has 74 valence electrons. The van der Waals surface area contributed by atoms with E-state index in [1.165, 1.54) is 0 Å². The van der Waals surface area contributed by atoms with Crippen LogP contribution in [-0.4, -0.2) is 21.9 Å². The van der Waals surface area contributed by atoms with E-state index in [4.69, 9.17) is 15.4 Å². The van der Waals surface area contributed by atoms with Gasteiger partial charge in [-0.1, -0.05) is 19.0 Å². The van der Waals surface area contributed by atoms with Crippen LogP contribution in [0.25, 0.3) is 0 Å². The second kappa shape index (κ2) is 4.34. The molecule has 0 aliphatic carbocycles. The van der Waals surface area contributed by atoms with Crippen molar-refractivity contribution in [2.75, 3.05) is 6.61 Å². The largest absolute Gasteiger partial charge is 0.396 e.